The molecule has 5 nitrogen and oxygen atoms in total. The summed E-state index contributed by atoms with van der Waals surface area (Å²) in [5, 5.41) is 10.4. The molecule has 0 radical (unpaired) electrons. The van der Waals surface area contributed by atoms with Crippen molar-refractivity contribution >= 4 is 40.5 Å². The Morgan fingerprint density at radius 2 is 1.79 bits per heavy atom. The largest absolute Gasteiger partial charge is 0.484 e. The summed E-state index contributed by atoms with van der Waals surface area (Å²) in [5.41, 5.74) is 1.86. The third kappa shape index (κ3) is 7.49. The molecule has 0 aromatic heterocycles. The van der Waals surface area contributed by atoms with Crippen LogP contribution in [-0.4, -0.2) is 32.1 Å². The Morgan fingerprint density at radius 3 is 2.43 bits per heavy atom. The molecule has 152 valence electrons. The lowest BCUT2D eigenvalue weighted by Crippen LogP contribution is -2.42. The number of benzene rings is 2. The maximum atomic E-state index is 12.3. The molecule has 0 aliphatic heterocycles. The second kappa shape index (κ2) is 11.7. The van der Waals surface area contributed by atoms with Gasteiger partial charge in [0.2, 0.25) is 0 Å². The van der Waals surface area contributed by atoms with Gasteiger partial charge in [-0.2, -0.15) is 0 Å². The first-order valence-electron chi connectivity index (χ1n) is 9.40. The van der Waals surface area contributed by atoms with E-state index in [1.54, 1.807) is 12.1 Å². The fourth-order valence-corrected chi connectivity index (χ4v) is 2.96. The van der Waals surface area contributed by atoms with Gasteiger partial charge in [0, 0.05) is 31.0 Å². The zero-order valence-electron chi connectivity index (χ0n) is 16.2. The number of anilines is 2. The number of rotatable bonds is 11. The Kier molecular flexibility index (Phi) is 9.24. The molecule has 0 aliphatic rings. The van der Waals surface area contributed by atoms with Crippen molar-refractivity contribution in [2.24, 2.45) is 0 Å². The molecule has 1 atom stereocenters. The zero-order chi connectivity index (χ0) is 20.4. The Balaban J connectivity index is 1.84. The van der Waals surface area contributed by atoms with E-state index in [4.69, 9.17) is 27.9 Å². The van der Waals surface area contributed by atoms with Gasteiger partial charge in [-0.3, -0.25) is 4.79 Å². The van der Waals surface area contributed by atoms with Crippen molar-refractivity contribution in [3.8, 4) is 5.75 Å². The fourth-order valence-electron chi connectivity index (χ4n) is 2.66. The van der Waals surface area contributed by atoms with Gasteiger partial charge in [-0.1, -0.05) is 43.0 Å². The molecule has 0 bridgehead atoms. The smallest absolute Gasteiger partial charge is 0.258 e. The van der Waals surface area contributed by atoms with Crippen LogP contribution in [0.2, 0.25) is 10.0 Å². The van der Waals surface area contributed by atoms with Gasteiger partial charge >= 0.3 is 0 Å². The van der Waals surface area contributed by atoms with E-state index in [2.05, 4.69) is 22.9 Å². The number of amides is 1. The third-order valence-electron chi connectivity index (χ3n) is 4.26. The molecule has 0 unspecified atom stereocenters. The van der Waals surface area contributed by atoms with Crippen LogP contribution in [0.3, 0.4) is 0 Å². The minimum atomic E-state index is -0.144. The zero-order valence-corrected chi connectivity index (χ0v) is 17.7. The molecule has 0 saturated carbocycles. The van der Waals surface area contributed by atoms with Gasteiger partial charge in [0.15, 0.2) is 6.61 Å². The summed E-state index contributed by atoms with van der Waals surface area (Å²) in [5.74, 6) is 0.517. The minimum Gasteiger partial charge on any atom is -0.484 e. The summed E-state index contributed by atoms with van der Waals surface area (Å²) in [4.78, 5) is 12.3. The standard InChI is InChI=1S/C21H27Cl2N3O2/c1-3-4-5-17(13-25-16-8-11-19(22)20(23)12-16)26-21(27)14-28-18-9-6-15(24-2)7-10-18/h6-12,17,24-25H,3-5,13-14H2,1-2H3,(H,26,27)/t17-/m0/s1. The normalized spacial score (nSPS) is 11.6. The first-order valence-corrected chi connectivity index (χ1v) is 10.2. The van der Waals surface area contributed by atoms with E-state index in [-0.39, 0.29) is 18.6 Å². The number of carbonyl (C=O) groups is 1. The van der Waals surface area contributed by atoms with Crippen LogP contribution in [0.4, 0.5) is 11.4 Å². The molecule has 0 spiro atoms. The van der Waals surface area contributed by atoms with Gasteiger partial charge in [-0.25, -0.2) is 0 Å². The third-order valence-corrected chi connectivity index (χ3v) is 5.00. The van der Waals surface area contributed by atoms with Crippen molar-refractivity contribution in [3.05, 3.63) is 52.5 Å². The van der Waals surface area contributed by atoms with Crippen LogP contribution < -0.4 is 20.7 Å². The van der Waals surface area contributed by atoms with Crippen molar-refractivity contribution in [2.45, 2.75) is 32.2 Å². The highest BCUT2D eigenvalue weighted by atomic mass is 35.5. The lowest BCUT2D eigenvalue weighted by atomic mass is 10.1. The Hall–Kier alpha value is -2.11. The van der Waals surface area contributed by atoms with Crippen molar-refractivity contribution in [1.29, 1.82) is 0 Å². The summed E-state index contributed by atoms with van der Waals surface area (Å²) in [6.07, 6.45) is 2.97. The maximum absolute atomic E-state index is 12.3. The SMILES string of the molecule is CCCC[C@@H](CNc1ccc(Cl)c(Cl)c1)NC(=O)COc1ccc(NC)cc1. The van der Waals surface area contributed by atoms with E-state index in [0.717, 1.165) is 30.6 Å². The molecule has 1 amide bonds. The predicted octanol–water partition coefficient (Wildman–Crippen LogP) is 5.20. The first kappa shape index (κ1) is 22.2. The van der Waals surface area contributed by atoms with Crippen molar-refractivity contribution < 1.29 is 9.53 Å². The van der Waals surface area contributed by atoms with E-state index < -0.39 is 0 Å². The first-order chi connectivity index (χ1) is 13.5. The number of ether oxygens (including phenoxy) is 1. The molecule has 0 saturated heterocycles. The molecule has 0 fully saturated rings. The highest BCUT2D eigenvalue weighted by Crippen LogP contribution is 2.25. The van der Waals surface area contributed by atoms with E-state index >= 15 is 0 Å². The van der Waals surface area contributed by atoms with Crippen molar-refractivity contribution in [2.75, 3.05) is 30.8 Å². The Morgan fingerprint density at radius 1 is 1.07 bits per heavy atom. The van der Waals surface area contributed by atoms with Crippen molar-refractivity contribution in [3.63, 3.8) is 0 Å². The average molecular weight is 424 g/mol. The van der Waals surface area contributed by atoms with Crippen molar-refractivity contribution in [1.82, 2.24) is 5.32 Å². The highest BCUT2D eigenvalue weighted by molar-refractivity contribution is 6.42. The average Bonchev–Trinajstić information content (AvgIpc) is 2.71. The van der Waals surface area contributed by atoms with Gasteiger partial charge in [0.05, 0.1) is 10.0 Å². The van der Waals surface area contributed by atoms with Crippen LogP contribution in [0.25, 0.3) is 0 Å². The molecule has 28 heavy (non-hydrogen) atoms. The number of halogens is 2. The number of unbranched alkanes of at least 4 members (excludes halogenated alkanes) is 1. The molecule has 2 rings (SSSR count). The van der Waals surface area contributed by atoms with Crippen LogP contribution in [0.5, 0.6) is 5.75 Å². The lowest BCUT2D eigenvalue weighted by Gasteiger charge is -2.20. The fraction of sp³-hybridized carbons (Fsp3) is 0.381. The molecule has 7 heteroatoms. The molecule has 0 heterocycles. The van der Waals surface area contributed by atoms with Gasteiger partial charge < -0.3 is 20.7 Å². The number of hydrogen-bond donors (Lipinski definition) is 3. The molecule has 2 aromatic rings. The Bertz CT molecular complexity index is 754. The topological polar surface area (TPSA) is 62.4 Å². The van der Waals surface area contributed by atoms with E-state index in [1.807, 2.05) is 37.4 Å². The molecule has 3 N–H and O–H groups in total. The van der Waals surface area contributed by atoms with Gasteiger partial charge in [0.1, 0.15) is 5.75 Å². The molecular weight excluding hydrogens is 397 g/mol. The monoisotopic (exact) mass is 423 g/mol. The van der Waals surface area contributed by atoms with E-state index in [1.165, 1.54) is 0 Å². The number of hydrogen-bond acceptors (Lipinski definition) is 4. The van der Waals surface area contributed by atoms with Crippen LogP contribution in [0.1, 0.15) is 26.2 Å². The molecule has 0 aliphatic carbocycles. The number of nitrogens with one attached hydrogen (secondary N) is 3. The lowest BCUT2D eigenvalue weighted by molar-refractivity contribution is -0.123. The summed E-state index contributed by atoms with van der Waals surface area (Å²) in [6.45, 7) is 2.71. The van der Waals surface area contributed by atoms with Crippen LogP contribution in [0, 0.1) is 0 Å². The predicted molar refractivity (Wildman–Crippen MR) is 118 cm³/mol. The number of carbonyl (C=O) groups excluding carboxylic acids is 1. The quantitative estimate of drug-likeness (QED) is 0.464. The van der Waals surface area contributed by atoms with Gasteiger partial charge in [0.25, 0.3) is 5.91 Å². The summed E-state index contributed by atoms with van der Waals surface area (Å²) >= 11 is 12.0. The summed E-state index contributed by atoms with van der Waals surface area (Å²) < 4.78 is 5.57. The summed E-state index contributed by atoms with van der Waals surface area (Å²) in [7, 11) is 1.85. The minimum absolute atomic E-state index is 0.00262. The molecule has 2 aromatic carbocycles. The van der Waals surface area contributed by atoms with Gasteiger partial charge in [-0.15, -0.1) is 0 Å². The van der Waals surface area contributed by atoms with Crippen LogP contribution in [0.15, 0.2) is 42.5 Å². The second-order valence-corrected chi connectivity index (χ2v) is 7.29. The second-order valence-electron chi connectivity index (χ2n) is 6.48. The van der Waals surface area contributed by atoms with E-state index in [9.17, 15) is 4.79 Å². The molecular formula is C21H27Cl2N3O2. The van der Waals surface area contributed by atoms with Crippen LogP contribution in [-0.2, 0) is 4.79 Å². The summed E-state index contributed by atoms with van der Waals surface area (Å²) in [6, 6.07) is 12.9. The maximum Gasteiger partial charge on any atom is 0.258 e. The Labute approximate surface area is 176 Å². The van der Waals surface area contributed by atoms with E-state index in [0.29, 0.717) is 22.3 Å². The van der Waals surface area contributed by atoms with Gasteiger partial charge in [-0.05, 0) is 48.9 Å². The van der Waals surface area contributed by atoms with Crippen LogP contribution >= 0.6 is 23.2 Å². The highest BCUT2D eigenvalue weighted by Gasteiger charge is 2.13.